The maximum Gasteiger partial charge on any atom is 0.144 e. The second kappa shape index (κ2) is 5.39. The number of pyridine rings is 2. The zero-order valence-electron chi connectivity index (χ0n) is 12.6. The molecule has 0 saturated carbocycles. The largest absolute Gasteiger partial charge is 0.288 e. The first-order valence-corrected chi connectivity index (χ1v) is 7.44. The van der Waals surface area contributed by atoms with Crippen LogP contribution in [-0.2, 0) is 6.54 Å². The van der Waals surface area contributed by atoms with Crippen molar-refractivity contribution in [3.05, 3.63) is 71.3 Å². The number of aliphatic imine (C=N–C) groups is 1. The molecular formula is C19H14FN3. The molecule has 3 nitrogen and oxygen atoms in total. The molecule has 0 atom stereocenters. The Balaban J connectivity index is 1.87. The molecule has 112 valence electrons. The average Bonchev–Trinajstić information content (AvgIpc) is 3.05. The molecule has 0 unspecified atom stereocenters. The Hall–Kier alpha value is -2.88. The van der Waals surface area contributed by atoms with E-state index >= 15 is 0 Å². The van der Waals surface area contributed by atoms with Gasteiger partial charge in [-0.05, 0) is 47.9 Å². The van der Waals surface area contributed by atoms with E-state index in [4.69, 9.17) is 0 Å². The van der Waals surface area contributed by atoms with Crippen LogP contribution < -0.4 is 0 Å². The fourth-order valence-electron chi connectivity index (χ4n) is 2.79. The van der Waals surface area contributed by atoms with Crippen molar-refractivity contribution in [2.75, 3.05) is 0 Å². The van der Waals surface area contributed by atoms with Gasteiger partial charge in [0.1, 0.15) is 5.82 Å². The molecule has 1 aromatic carbocycles. The van der Waals surface area contributed by atoms with Crippen molar-refractivity contribution in [3.8, 4) is 22.5 Å². The zero-order valence-corrected chi connectivity index (χ0v) is 12.6. The number of rotatable bonds is 2. The lowest BCUT2D eigenvalue weighted by Crippen LogP contribution is -1.96. The molecule has 0 aliphatic carbocycles. The van der Waals surface area contributed by atoms with E-state index in [1.165, 1.54) is 11.6 Å². The minimum Gasteiger partial charge on any atom is -0.288 e. The number of aryl methyl sites for hydroxylation is 1. The molecule has 0 fully saturated rings. The Labute approximate surface area is 133 Å². The van der Waals surface area contributed by atoms with E-state index in [0.717, 1.165) is 28.9 Å². The van der Waals surface area contributed by atoms with Crippen LogP contribution in [-0.4, -0.2) is 16.2 Å². The molecule has 2 aromatic heterocycles. The van der Waals surface area contributed by atoms with Crippen LogP contribution >= 0.6 is 0 Å². The first-order valence-electron chi connectivity index (χ1n) is 7.44. The molecule has 0 radical (unpaired) electrons. The summed E-state index contributed by atoms with van der Waals surface area (Å²) in [7, 11) is 0. The van der Waals surface area contributed by atoms with Gasteiger partial charge in [0, 0.05) is 18.0 Å². The van der Waals surface area contributed by atoms with E-state index in [1.54, 1.807) is 19.2 Å². The van der Waals surface area contributed by atoms with Crippen molar-refractivity contribution in [2.45, 2.75) is 13.5 Å². The van der Waals surface area contributed by atoms with E-state index in [1.807, 2.05) is 18.3 Å². The molecule has 3 aromatic rings. The highest BCUT2D eigenvalue weighted by atomic mass is 19.1. The third kappa shape index (κ3) is 2.42. The number of benzene rings is 1. The lowest BCUT2D eigenvalue weighted by Gasteiger charge is -2.10. The Morgan fingerprint density at radius 2 is 2.00 bits per heavy atom. The summed E-state index contributed by atoms with van der Waals surface area (Å²) in [6.07, 6.45) is 3.63. The summed E-state index contributed by atoms with van der Waals surface area (Å²) in [4.78, 5) is 13.1. The van der Waals surface area contributed by atoms with Crippen LogP contribution in [0.3, 0.4) is 0 Å². The molecule has 0 spiro atoms. The van der Waals surface area contributed by atoms with Crippen LogP contribution in [0.4, 0.5) is 4.39 Å². The van der Waals surface area contributed by atoms with Gasteiger partial charge in [-0.25, -0.2) is 9.37 Å². The van der Waals surface area contributed by atoms with Crippen LogP contribution in [0.2, 0.25) is 0 Å². The lowest BCUT2D eigenvalue weighted by atomic mass is 9.98. The number of nitrogens with zero attached hydrogens (tertiary/aromatic N) is 3. The summed E-state index contributed by atoms with van der Waals surface area (Å²) in [6.45, 7) is 2.40. The van der Waals surface area contributed by atoms with Gasteiger partial charge >= 0.3 is 0 Å². The number of halogens is 1. The second-order valence-corrected chi connectivity index (χ2v) is 5.55. The number of hydrogen-bond acceptors (Lipinski definition) is 3. The number of aromatic nitrogens is 2. The van der Waals surface area contributed by atoms with Crippen molar-refractivity contribution < 1.29 is 4.39 Å². The molecule has 4 rings (SSSR count). The quantitative estimate of drug-likeness (QED) is 0.712. The van der Waals surface area contributed by atoms with Gasteiger partial charge in [-0.2, -0.15) is 0 Å². The summed E-state index contributed by atoms with van der Waals surface area (Å²) in [5.41, 5.74) is 6.22. The highest BCUT2D eigenvalue weighted by Crippen LogP contribution is 2.31. The molecule has 0 amide bonds. The van der Waals surface area contributed by atoms with Crippen LogP contribution in [0.15, 0.2) is 53.7 Å². The maximum atomic E-state index is 13.5. The van der Waals surface area contributed by atoms with Gasteiger partial charge in [0.15, 0.2) is 0 Å². The lowest BCUT2D eigenvalue weighted by molar-refractivity contribution is 0.610. The van der Waals surface area contributed by atoms with Gasteiger partial charge in [0.25, 0.3) is 0 Å². The molecule has 3 heterocycles. The summed E-state index contributed by atoms with van der Waals surface area (Å²) in [6, 6.07) is 13.3. The molecule has 1 aliphatic heterocycles. The molecule has 0 saturated heterocycles. The van der Waals surface area contributed by atoms with E-state index in [2.05, 4.69) is 33.2 Å². The van der Waals surface area contributed by atoms with Crippen molar-refractivity contribution >= 4 is 6.21 Å². The van der Waals surface area contributed by atoms with E-state index in [-0.39, 0.29) is 5.82 Å². The van der Waals surface area contributed by atoms with Crippen LogP contribution in [0.1, 0.15) is 16.8 Å². The van der Waals surface area contributed by atoms with Crippen LogP contribution in [0.25, 0.3) is 22.5 Å². The summed E-state index contributed by atoms with van der Waals surface area (Å²) in [5, 5.41) is 0. The molecule has 0 bridgehead atoms. The third-order valence-electron chi connectivity index (χ3n) is 4.02. The fourth-order valence-corrected chi connectivity index (χ4v) is 2.79. The van der Waals surface area contributed by atoms with E-state index < -0.39 is 0 Å². The van der Waals surface area contributed by atoms with Gasteiger partial charge in [-0.1, -0.05) is 18.2 Å². The fraction of sp³-hybridized carbons (Fsp3) is 0.105. The van der Waals surface area contributed by atoms with E-state index in [9.17, 15) is 4.39 Å². The first kappa shape index (κ1) is 13.8. The summed E-state index contributed by atoms with van der Waals surface area (Å²) in [5.74, 6) is -0.306. The van der Waals surface area contributed by atoms with E-state index in [0.29, 0.717) is 11.4 Å². The average molecular weight is 303 g/mol. The topological polar surface area (TPSA) is 38.1 Å². The smallest absolute Gasteiger partial charge is 0.144 e. The van der Waals surface area contributed by atoms with Crippen molar-refractivity contribution in [1.29, 1.82) is 0 Å². The van der Waals surface area contributed by atoms with Gasteiger partial charge in [-0.15, -0.1) is 0 Å². The Kier molecular flexibility index (Phi) is 3.23. The molecule has 4 heteroatoms. The van der Waals surface area contributed by atoms with Gasteiger partial charge in [0.2, 0.25) is 0 Å². The zero-order chi connectivity index (χ0) is 15.8. The van der Waals surface area contributed by atoms with Crippen molar-refractivity contribution in [3.63, 3.8) is 0 Å². The first-order chi connectivity index (χ1) is 11.2. The minimum atomic E-state index is -0.306. The molecule has 0 N–H and O–H groups in total. The predicted molar refractivity (Wildman–Crippen MR) is 88.9 cm³/mol. The molecule has 1 aliphatic rings. The normalized spacial score (nSPS) is 12.4. The maximum absolute atomic E-state index is 13.5. The third-order valence-corrected chi connectivity index (χ3v) is 4.02. The number of hydrogen-bond donors (Lipinski definition) is 0. The standard InChI is InChI=1S/C19H14FN3/c1-12-17(20)6-7-18(23-12)19-16(3-2-8-22-19)13-4-5-14-10-21-11-15(14)9-13/h2-9,11H,10H2,1H3. The summed E-state index contributed by atoms with van der Waals surface area (Å²) >= 11 is 0. The Morgan fingerprint density at radius 3 is 2.87 bits per heavy atom. The summed E-state index contributed by atoms with van der Waals surface area (Å²) < 4.78 is 13.5. The van der Waals surface area contributed by atoms with Gasteiger partial charge < -0.3 is 0 Å². The van der Waals surface area contributed by atoms with Crippen LogP contribution in [0, 0.1) is 12.7 Å². The second-order valence-electron chi connectivity index (χ2n) is 5.55. The SMILES string of the molecule is Cc1nc(-c2ncccc2-c2ccc3c(c2)C=NC3)ccc1F. The highest BCUT2D eigenvalue weighted by molar-refractivity contribution is 5.88. The molecule has 23 heavy (non-hydrogen) atoms. The minimum absolute atomic E-state index is 0.306. The van der Waals surface area contributed by atoms with Crippen molar-refractivity contribution in [1.82, 2.24) is 9.97 Å². The number of fused-ring (bicyclic) bond motifs is 1. The Bertz CT molecular complexity index is 932. The van der Waals surface area contributed by atoms with Crippen molar-refractivity contribution in [2.24, 2.45) is 4.99 Å². The van der Waals surface area contributed by atoms with Gasteiger partial charge in [-0.3, -0.25) is 9.98 Å². The van der Waals surface area contributed by atoms with Gasteiger partial charge in [0.05, 0.1) is 23.6 Å². The highest BCUT2D eigenvalue weighted by Gasteiger charge is 2.13. The monoisotopic (exact) mass is 303 g/mol. The Morgan fingerprint density at radius 1 is 1.09 bits per heavy atom. The predicted octanol–water partition coefficient (Wildman–Crippen LogP) is 4.19. The molecular weight excluding hydrogens is 289 g/mol. The van der Waals surface area contributed by atoms with Crippen LogP contribution in [0.5, 0.6) is 0 Å².